The second-order valence-electron chi connectivity index (χ2n) is 4.29. The van der Waals surface area contributed by atoms with E-state index < -0.39 is 0 Å². The van der Waals surface area contributed by atoms with Gasteiger partial charge in [0.25, 0.3) is 0 Å². The molecule has 0 unspecified atom stereocenters. The number of nitrogens with zero attached hydrogens (tertiary/aromatic N) is 2. The van der Waals surface area contributed by atoms with Crippen molar-refractivity contribution in [3.05, 3.63) is 21.9 Å². The van der Waals surface area contributed by atoms with E-state index in [1.54, 1.807) is 0 Å². The maximum Gasteiger partial charge on any atom is 0.206 e. The summed E-state index contributed by atoms with van der Waals surface area (Å²) in [4.78, 5) is 13.9. The number of ketones is 1. The van der Waals surface area contributed by atoms with Crippen molar-refractivity contribution in [3.63, 3.8) is 0 Å². The third kappa shape index (κ3) is 4.29. The highest BCUT2D eigenvalue weighted by atomic mass is 32.2. The lowest BCUT2D eigenvalue weighted by Gasteiger charge is -2.02. The highest BCUT2D eigenvalue weighted by Gasteiger charge is 2.11. The first-order valence-corrected chi connectivity index (χ1v) is 8.49. The average molecular weight is 313 g/mol. The van der Waals surface area contributed by atoms with Gasteiger partial charge >= 0.3 is 0 Å². The van der Waals surface area contributed by atoms with Gasteiger partial charge in [-0.05, 0) is 32.9 Å². The van der Waals surface area contributed by atoms with E-state index in [1.807, 2.05) is 19.1 Å². The zero-order chi connectivity index (χ0) is 13.8. The zero-order valence-electron chi connectivity index (χ0n) is 11.0. The minimum Gasteiger partial charge on any atom is -0.358 e. The summed E-state index contributed by atoms with van der Waals surface area (Å²) in [5, 5.41) is 12.1. The van der Waals surface area contributed by atoms with Crippen molar-refractivity contribution in [3.8, 4) is 0 Å². The highest BCUT2D eigenvalue weighted by molar-refractivity contribution is 8.01. The van der Waals surface area contributed by atoms with Crippen LogP contribution in [-0.2, 0) is 0 Å². The van der Waals surface area contributed by atoms with E-state index in [2.05, 4.69) is 29.4 Å². The molecule has 2 heterocycles. The first-order chi connectivity index (χ1) is 9.04. The van der Waals surface area contributed by atoms with Crippen molar-refractivity contribution in [2.75, 3.05) is 11.1 Å². The summed E-state index contributed by atoms with van der Waals surface area (Å²) in [5.74, 6) is 0.563. The van der Waals surface area contributed by atoms with Crippen LogP contribution in [-0.4, -0.2) is 27.8 Å². The van der Waals surface area contributed by atoms with Crippen LogP contribution < -0.4 is 5.32 Å². The molecule has 2 rings (SSSR count). The molecule has 0 aliphatic heterocycles. The van der Waals surface area contributed by atoms with Gasteiger partial charge in [-0.15, -0.1) is 21.5 Å². The van der Waals surface area contributed by atoms with Crippen LogP contribution in [0, 0.1) is 6.92 Å². The van der Waals surface area contributed by atoms with E-state index in [4.69, 9.17) is 0 Å². The number of aryl methyl sites for hydroxylation is 1. The molecule has 4 nitrogen and oxygen atoms in total. The number of Topliss-reactive ketones (excluding diaryl/α,β-unsaturated/α-hetero) is 1. The molecule has 0 aliphatic carbocycles. The van der Waals surface area contributed by atoms with Crippen LogP contribution in [0.3, 0.4) is 0 Å². The number of anilines is 1. The predicted octanol–water partition coefficient (Wildman–Crippen LogP) is 3.70. The number of aromatic nitrogens is 2. The summed E-state index contributed by atoms with van der Waals surface area (Å²) in [6.07, 6.45) is 0. The normalized spacial score (nSPS) is 10.9. The Labute approximate surface area is 124 Å². The second kappa shape index (κ2) is 6.49. The Morgan fingerprint density at radius 1 is 1.37 bits per heavy atom. The van der Waals surface area contributed by atoms with Crippen LogP contribution in [0.2, 0.25) is 0 Å². The SMILES string of the molecule is Cc1ccc(C(=O)CSc2nnc(NC(C)C)s2)s1. The van der Waals surface area contributed by atoms with Gasteiger partial charge in [-0.25, -0.2) is 0 Å². The van der Waals surface area contributed by atoms with E-state index in [9.17, 15) is 4.79 Å². The average Bonchev–Trinajstić information content (AvgIpc) is 2.94. The number of carbonyl (C=O) groups excluding carboxylic acids is 1. The van der Waals surface area contributed by atoms with Gasteiger partial charge < -0.3 is 5.32 Å². The maximum absolute atomic E-state index is 11.9. The summed E-state index contributed by atoms with van der Waals surface area (Å²) >= 11 is 4.46. The van der Waals surface area contributed by atoms with Crippen LogP contribution in [0.5, 0.6) is 0 Å². The zero-order valence-corrected chi connectivity index (χ0v) is 13.4. The number of hydrogen-bond donors (Lipinski definition) is 1. The standard InChI is InChI=1S/C12H15N3OS3/c1-7(2)13-11-14-15-12(19-11)17-6-9(16)10-5-4-8(3)18-10/h4-5,7H,6H2,1-3H3,(H,13,14). The van der Waals surface area contributed by atoms with Gasteiger partial charge in [-0.2, -0.15) is 0 Å². The summed E-state index contributed by atoms with van der Waals surface area (Å²) in [6, 6.07) is 4.19. The molecule has 0 fully saturated rings. The van der Waals surface area contributed by atoms with Gasteiger partial charge in [0.05, 0.1) is 10.6 Å². The lowest BCUT2D eigenvalue weighted by molar-refractivity contribution is 0.102. The fraction of sp³-hybridized carbons (Fsp3) is 0.417. The van der Waals surface area contributed by atoms with Crippen LogP contribution >= 0.6 is 34.4 Å². The number of hydrogen-bond acceptors (Lipinski definition) is 7. The summed E-state index contributed by atoms with van der Waals surface area (Å²) in [5.41, 5.74) is 0. The van der Waals surface area contributed by atoms with Crippen molar-refractivity contribution >= 4 is 45.4 Å². The van der Waals surface area contributed by atoms with Crippen LogP contribution in [0.15, 0.2) is 16.5 Å². The molecule has 0 bridgehead atoms. The smallest absolute Gasteiger partial charge is 0.206 e. The molecule has 0 aromatic carbocycles. The number of carbonyl (C=O) groups is 1. The third-order valence-corrected chi connectivity index (χ3v) is 5.19. The van der Waals surface area contributed by atoms with Gasteiger partial charge in [0.2, 0.25) is 5.13 Å². The molecular formula is C12H15N3OS3. The number of thioether (sulfide) groups is 1. The molecule has 0 amide bonds. The Bertz CT molecular complexity index is 562. The van der Waals surface area contributed by atoms with Crippen LogP contribution in [0.25, 0.3) is 0 Å². The summed E-state index contributed by atoms with van der Waals surface area (Å²) < 4.78 is 0.824. The Hall–Kier alpha value is -0.920. The first kappa shape index (κ1) is 14.5. The lowest BCUT2D eigenvalue weighted by atomic mass is 10.3. The maximum atomic E-state index is 11.9. The van der Waals surface area contributed by atoms with Crippen LogP contribution in [0.1, 0.15) is 28.4 Å². The molecule has 102 valence electrons. The minimum atomic E-state index is 0.150. The Morgan fingerprint density at radius 2 is 2.16 bits per heavy atom. The van der Waals surface area contributed by atoms with Crippen LogP contribution in [0.4, 0.5) is 5.13 Å². The number of thiophene rings is 1. The molecule has 0 atom stereocenters. The second-order valence-corrected chi connectivity index (χ2v) is 7.78. The van der Waals surface area contributed by atoms with Gasteiger partial charge in [0.15, 0.2) is 10.1 Å². The van der Waals surface area contributed by atoms with E-state index >= 15 is 0 Å². The minimum absolute atomic E-state index is 0.150. The van der Waals surface area contributed by atoms with Crippen molar-refractivity contribution in [2.45, 2.75) is 31.2 Å². The highest BCUT2D eigenvalue weighted by Crippen LogP contribution is 2.27. The number of rotatable bonds is 6. The fourth-order valence-electron chi connectivity index (χ4n) is 1.36. The van der Waals surface area contributed by atoms with E-state index in [0.29, 0.717) is 11.8 Å². The molecule has 0 aliphatic rings. The number of nitrogens with one attached hydrogen (secondary N) is 1. The Balaban J connectivity index is 1.88. The van der Waals surface area contributed by atoms with Crippen molar-refractivity contribution in [1.29, 1.82) is 0 Å². The molecule has 0 saturated carbocycles. The van der Waals surface area contributed by atoms with Crippen molar-refractivity contribution in [1.82, 2.24) is 10.2 Å². The summed E-state index contributed by atoms with van der Waals surface area (Å²) in [6.45, 7) is 6.11. The Kier molecular flexibility index (Phi) is 4.95. The lowest BCUT2D eigenvalue weighted by Crippen LogP contribution is -2.08. The van der Waals surface area contributed by atoms with Crippen molar-refractivity contribution < 1.29 is 4.79 Å². The van der Waals surface area contributed by atoms with Crippen molar-refractivity contribution in [2.24, 2.45) is 0 Å². The topological polar surface area (TPSA) is 54.9 Å². The van der Waals surface area contributed by atoms with Gasteiger partial charge in [0.1, 0.15) is 0 Å². The van der Waals surface area contributed by atoms with E-state index in [-0.39, 0.29) is 5.78 Å². The molecule has 0 saturated heterocycles. The molecular weight excluding hydrogens is 298 g/mol. The molecule has 7 heteroatoms. The van der Waals surface area contributed by atoms with E-state index in [1.165, 1.54) is 34.4 Å². The molecule has 0 radical (unpaired) electrons. The van der Waals surface area contributed by atoms with Gasteiger partial charge in [-0.3, -0.25) is 4.79 Å². The molecule has 2 aromatic heterocycles. The fourth-order valence-corrected chi connectivity index (χ4v) is 4.03. The summed E-state index contributed by atoms with van der Waals surface area (Å²) in [7, 11) is 0. The molecule has 19 heavy (non-hydrogen) atoms. The molecule has 2 aromatic rings. The van der Waals surface area contributed by atoms with Gasteiger partial charge in [0, 0.05) is 10.9 Å². The van der Waals surface area contributed by atoms with Gasteiger partial charge in [-0.1, -0.05) is 23.1 Å². The quantitative estimate of drug-likeness (QED) is 0.651. The van der Waals surface area contributed by atoms with E-state index in [0.717, 1.165) is 19.2 Å². The third-order valence-electron chi connectivity index (χ3n) is 2.16. The molecule has 0 spiro atoms. The predicted molar refractivity (Wildman–Crippen MR) is 82.8 cm³/mol. The largest absolute Gasteiger partial charge is 0.358 e. The molecule has 1 N–H and O–H groups in total. The monoisotopic (exact) mass is 313 g/mol. The Morgan fingerprint density at radius 3 is 2.79 bits per heavy atom. The first-order valence-electron chi connectivity index (χ1n) is 5.87.